The molecule has 21 heavy (non-hydrogen) atoms. The van der Waals surface area contributed by atoms with Gasteiger partial charge in [-0.1, -0.05) is 0 Å². The molecule has 0 unspecified atom stereocenters. The molecule has 2 aromatic rings. The van der Waals surface area contributed by atoms with Crippen LogP contribution in [0.15, 0.2) is 30.3 Å². The molecule has 0 aliphatic rings. The lowest BCUT2D eigenvalue weighted by atomic mass is 10.2. The number of methoxy groups -OCH3 is 2. The molecule has 0 radical (unpaired) electrons. The van der Waals surface area contributed by atoms with Crippen molar-refractivity contribution in [1.29, 1.82) is 0 Å². The maximum absolute atomic E-state index is 12.1. The fourth-order valence-corrected chi connectivity index (χ4v) is 1.62. The fourth-order valence-electron chi connectivity index (χ4n) is 1.62. The SMILES string of the molecule is COc1ccc(NC(=O)c2ccc(NN)nn2)c(OC)c1. The van der Waals surface area contributed by atoms with E-state index in [-0.39, 0.29) is 5.69 Å². The molecule has 2 rings (SSSR count). The zero-order chi connectivity index (χ0) is 15.2. The third-order valence-corrected chi connectivity index (χ3v) is 2.70. The zero-order valence-corrected chi connectivity index (χ0v) is 11.6. The number of rotatable bonds is 5. The zero-order valence-electron chi connectivity index (χ0n) is 11.6. The highest BCUT2D eigenvalue weighted by molar-refractivity contribution is 6.03. The number of hydrogen-bond donors (Lipinski definition) is 3. The summed E-state index contributed by atoms with van der Waals surface area (Å²) in [5.41, 5.74) is 3.00. The molecule has 1 heterocycles. The van der Waals surface area contributed by atoms with E-state index in [0.29, 0.717) is 23.0 Å². The molecule has 0 spiro atoms. The van der Waals surface area contributed by atoms with Gasteiger partial charge in [0.15, 0.2) is 11.5 Å². The van der Waals surface area contributed by atoms with Crippen molar-refractivity contribution in [3.63, 3.8) is 0 Å². The van der Waals surface area contributed by atoms with Crippen molar-refractivity contribution < 1.29 is 14.3 Å². The van der Waals surface area contributed by atoms with E-state index in [1.165, 1.54) is 13.2 Å². The third-order valence-electron chi connectivity index (χ3n) is 2.70. The number of amides is 1. The van der Waals surface area contributed by atoms with Crippen LogP contribution in [0.3, 0.4) is 0 Å². The highest BCUT2D eigenvalue weighted by atomic mass is 16.5. The summed E-state index contributed by atoms with van der Waals surface area (Å²) in [5, 5.41) is 10.2. The Morgan fingerprint density at radius 1 is 1.14 bits per heavy atom. The van der Waals surface area contributed by atoms with Crippen LogP contribution in [0.1, 0.15) is 10.5 Å². The molecular formula is C13H15N5O3. The van der Waals surface area contributed by atoms with Gasteiger partial charge in [-0.3, -0.25) is 4.79 Å². The largest absolute Gasteiger partial charge is 0.497 e. The van der Waals surface area contributed by atoms with E-state index in [4.69, 9.17) is 15.3 Å². The Hall–Kier alpha value is -2.87. The van der Waals surface area contributed by atoms with Crippen LogP contribution in [0.25, 0.3) is 0 Å². The molecule has 0 fully saturated rings. The van der Waals surface area contributed by atoms with Crippen molar-refractivity contribution in [2.75, 3.05) is 25.0 Å². The third kappa shape index (κ3) is 3.37. The van der Waals surface area contributed by atoms with Crippen LogP contribution in [0.4, 0.5) is 11.5 Å². The van der Waals surface area contributed by atoms with Crippen molar-refractivity contribution in [3.05, 3.63) is 36.0 Å². The van der Waals surface area contributed by atoms with Crippen molar-refractivity contribution >= 4 is 17.4 Å². The minimum atomic E-state index is -0.408. The van der Waals surface area contributed by atoms with Gasteiger partial charge in [0.25, 0.3) is 5.91 Å². The number of nitrogens with zero attached hydrogens (tertiary/aromatic N) is 2. The highest BCUT2D eigenvalue weighted by Gasteiger charge is 2.12. The fraction of sp³-hybridized carbons (Fsp3) is 0.154. The van der Waals surface area contributed by atoms with E-state index in [2.05, 4.69) is 20.9 Å². The van der Waals surface area contributed by atoms with Crippen LogP contribution in [-0.2, 0) is 0 Å². The van der Waals surface area contributed by atoms with Crippen LogP contribution >= 0.6 is 0 Å². The molecule has 1 aromatic heterocycles. The molecule has 0 aliphatic carbocycles. The number of carbonyl (C=O) groups excluding carboxylic acids is 1. The molecule has 0 bridgehead atoms. The number of hydrogen-bond acceptors (Lipinski definition) is 7. The Morgan fingerprint density at radius 2 is 1.95 bits per heavy atom. The van der Waals surface area contributed by atoms with Gasteiger partial charge < -0.3 is 20.2 Å². The van der Waals surface area contributed by atoms with E-state index < -0.39 is 5.91 Å². The molecule has 0 saturated carbocycles. The minimum Gasteiger partial charge on any atom is -0.497 e. The van der Waals surface area contributed by atoms with Crippen molar-refractivity contribution in [3.8, 4) is 11.5 Å². The minimum absolute atomic E-state index is 0.159. The monoisotopic (exact) mass is 289 g/mol. The van der Waals surface area contributed by atoms with Gasteiger partial charge >= 0.3 is 0 Å². The smallest absolute Gasteiger partial charge is 0.276 e. The Labute approximate surface area is 121 Å². The van der Waals surface area contributed by atoms with E-state index in [0.717, 1.165) is 0 Å². The second-order valence-electron chi connectivity index (χ2n) is 3.97. The van der Waals surface area contributed by atoms with E-state index in [1.807, 2.05) is 0 Å². The molecule has 1 amide bonds. The van der Waals surface area contributed by atoms with Crippen LogP contribution in [0.2, 0.25) is 0 Å². The summed E-state index contributed by atoms with van der Waals surface area (Å²) in [6.45, 7) is 0. The first-order valence-electron chi connectivity index (χ1n) is 6.01. The number of carbonyl (C=O) groups is 1. The topological polar surface area (TPSA) is 111 Å². The maximum atomic E-state index is 12.1. The average molecular weight is 289 g/mol. The molecule has 0 atom stereocenters. The standard InChI is InChI=1S/C13H15N5O3/c1-20-8-3-4-9(11(7-8)21-2)15-13(19)10-5-6-12(16-14)18-17-10/h3-7H,14H2,1-2H3,(H,15,19)(H,16,18). The van der Waals surface area contributed by atoms with Gasteiger partial charge in [-0.15, -0.1) is 10.2 Å². The second-order valence-corrected chi connectivity index (χ2v) is 3.97. The van der Waals surface area contributed by atoms with E-state index in [9.17, 15) is 4.79 Å². The summed E-state index contributed by atoms with van der Waals surface area (Å²) in [5.74, 6) is 6.25. The van der Waals surface area contributed by atoms with E-state index >= 15 is 0 Å². The molecule has 1 aromatic carbocycles. The molecule has 8 nitrogen and oxygen atoms in total. The van der Waals surface area contributed by atoms with Crippen LogP contribution in [0, 0.1) is 0 Å². The van der Waals surface area contributed by atoms with Gasteiger partial charge in [0.05, 0.1) is 19.9 Å². The molecule has 4 N–H and O–H groups in total. The van der Waals surface area contributed by atoms with Crippen molar-refractivity contribution in [2.45, 2.75) is 0 Å². The summed E-state index contributed by atoms with van der Waals surface area (Å²) in [6.07, 6.45) is 0. The summed E-state index contributed by atoms with van der Waals surface area (Å²) < 4.78 is 10.3. The van der Waals surface area contributed by atoms with Crippen molar-refractivity contribution in [1.82, 2.24) is 10.2 Å². The summed E-state index contributed by atoms with van der Waals surface area (Å²) >= 11 is 0. The number of aromatic nitrogens is 2. The first-order chi connectivity index (χ1) is 10.2. The van der Waals surface area contributed by atoms with Crippen LogP contribution < -0.4 is 26.1 Å². The quantitative estimate of drug-likeness (QED) is 0.556. The molecule has 8 heteroatoms. The molecule has 110 valence electrons. The predicted molar refractivity (Wildman–Crippen MR) is 77.3 cm³/mol. The normalized spacial score (nSPS) is 9.86. The van der Waals surface area contributed by atoms with Crippen LogP contribution in [-0.4, -0.2) is 30.3 Å². The number of ether oxygens (including phenoxy) is 2. The number of benzene rings is 1. The number of nitrogen functional groups attached to an aromatic ring is 1. The van der Waals surface area contributed by atoms with Gasteiger partial charge in [0.2, 0.25) is 0 Å². The summed E-state index contributed by atoms with van der Waals surface area (Å²) in [7, 11) is 3.06. The van der Waals surface area contributed by atoms with E-state index in [1.54, 1.807) is 31.4 Å². The number of hydrazine groups is 1. The van der Waals surface area contributed by atoms with Gasteiger partial charge in [-0.2, -0.15) is 0 Å². The lowest BCUT2D eigenvalue weighted by Gasteiger charge is -2.11. The summed E-state index contributed by atoms with van der Waals surface area (Å²) in [4.78, 5) is 12.1. The van der Waals surface area contributed by atoms with Crippen molar-refractivity contribution in [2.24, 2.45) is 5.84 Å². The Kier molecular flexibility index (Phi) is 4.52. The summed E-state index contributed by atoms with van der Waals surface area (Å²) in [6, 6.07) is 8.12. The molecule has 0 saturated heterocycles. The number of nitrogens with one attached hydrogen (secondary N) is 2. The number of nitrogens with two attached hydrogens (primary N) is 1. The van der Waals surface area contributed by atoms with Gasteiger partial charge in [-0.05, 0) is 24.3 Å². The maximum Gasteiger partial charge on any atom is 0.276 e. The number of anilines is 2. The molecular weight excluding hydrogens is 274 g/mol. The Bertz CT molecular complexity index is 630. The van der Waals surface area contributed by atoms with Crippen LogP contribution in [0.5, 0.6) is 11.5 Å². The average Bonchev–Trinajstić information content (AvgIpc) is 2.55. The van der Waals surface area contributed by atoms with Gasteiger partial charge in [0, 0.05) is 6.07 Å². The lowest BCUT2D eigenvalue weighted by Crippen LogP contribution is -2.16. The first kappa shape index (κ1) is 14.5. The Morgan fingerprint density at radius 3 is 2.52 bits per heavy atom. The second kappa shape index (κ2) is 6.53. The Balaban J connectivity index is 2.18. The molecule has 0 aliphatic heterocycles. The lowest BCUT2D eigenvalue weighted by molar-refractivity contribution is 0.102. The van der Waals surface area contributed by atoms with Gasteiger partial charge in [0.1, 0.15) is 11.5 Å². The van der Waals surface area contributed by atoms with Gasteiger partial charge in [-0.25, -0.2) is 5.84 Å². The highest BCUT2D eigenvalue weighted by Crippen LogP contribution is 2.29. The predicted octanol–water partition coefficient (Wildman–Crippen LogP) is 1.03. The first-order valence-corrected chi connectivity index (χ1v) is 6.01.